The molecule has 0 saturated heterocycles. The first-order valence-corrected chi connectivity index (χ1v) is 4.82. The van der Waals surface area contributed by atoms with E-state index in [2.05, 4.69) is 6.07 Å². The lowest BCUT2D eigenvalue weighted by molar-refractivity contribution is 0.0487. The number of benzene rings is 2. The van der Waals surface area contributed by atoms with Crippen molar-refractivity contribution in [1.82, 2.24) is 0 Å². The van der Waals surface area contributed by atoms with E-state index in [9.17, 15) is 0 Å². The zero-order valence-corrected chi connectivity index (χ0v) is 8.01. The molecule has 73 valence electrons. The third-order valence-corrected chi connectivity index (χ3v) is 2.33. The predicted molar refractivity (Wildman–Crippen MR) is 55.7 cm³/mol. The largest absolute Gasteiger partial charge is 0.447 e. The monoisotopic (exact) mass is 197 g/mol. The average molecular weight is 197 g/mol. The molecule has 1 heterocycles. The van der Waals surface area contributed by atoms with Gasteiger partial charge in [-0.05, 0) is 18.2 Å². The van der Waals surface area contributed by atoms with Crippen molar-refractivity contribution in [1.29, 1.82) is 0 Å². The van der Waals surface area contributed by atoms with Crippen LogP contribution in [0.4, 0.5) is 0 Å². The maximum absolute atomic E-state index is 5.65. The van der Waals surface area contributed by atoms with E-state index >= 15 is 0 Å². The van der Waals surface area contributed by atoms with Crippen LogP contribution in [0.25, 0.3) is 0 Å². The molecular formula is C13H9O2. The fourth-order valence-electron chi connectivity index (χ4n) is 1.59. The molecule has 0 aromatic heterocycles. The molecule has 0 fully saturated rings. The van der Waals surface area contributed by atoms with Crippen molar-refractivity contribution in [3.63, 3.8) is 0 Å². The van der Waals surface area contributed by atoms with Gasteiger partial charge >= 0.3 is 0 Å². The van der Waals surface area contributed by atoms with E-state index in [1.165, 1.54) is 0 Å². The number of fused-ring (bicyclic) bond motifs is 1. The van der Waals surface area contributed by atoms with Crippen molar-refractivity contribution >= 4 is 0 Å². The summed E-state index contributed by atoms with van der Waals surface area (Å²) >= 11 is 0. The van der Waals surface area contributed by atoms with Gasteiger partial charge in [-0.2, -0.15) is 0 Å². The van der Waals surface area contributed by atoms with Crippen molar-refractivity contribution in [2.24, 2.45) is 0 Å². The summed E-state index contributed by atoms with van der Waals surface area (Å²) < 4.78 is 11.3. The normalized spacial score (nSPS) is 14.1. The van der Waals surface area contributed by atoms with Crippen molar-refractivity contribution in [2.45, 2.75) is 6.29 Å². The Balaban J connectivity index is 1.91. The Morgan fingerprint density at radius 3 is 2.53 bits per heavy atom. The van der Waals surface area contributed by atoms with Gasteiger partial charge in [0.05, 0.1) is 0 Å². The van der Waals surface area contributed by atoms with Gasteiger partial charge in [0, 0.05) is 5.56 Å². The van der Waals surface area contributed by atoms with Gasteiger partial charge in [-0.25, -0.2) is 0 Å². The lowest BCUT2D eigenvalue weighted by Crippen LogP contribution is -2.07. The second kappa shape index (κ2) is 3.31. The zero-order valence-electron chi connectivity index (χ0n) is 8.01. The smallest absolute Gasteiger partial charge is 0.267 e. The van der Waals surface area contributed by atoms with Gasteiger partial charge in [0.2, 0.25) is 0 Å². The highest BCUT2D eigenvalue weighted by atomic mass is 16.7. The average Bonchev–Trinajstić information content (AvgIpc) is 2.74. The highest BCUT2D eigenvalue weighted by Crippen LogP contribution is 2.39. The summed E-state index contributed by atoms with van der Waals surface area (Å²) in [6.07, 6.45) is -0.322. The lowest BCUT2D eigenvalue weighted by atomic mass is 10.2. The molecule has 0 amide bonds. The van der Waals surface area contributed by atoms with Crippen molar-refractivity contribution in [3.05, 3.63) is 60.2 Å². The van der Waals surface area contributed by atoms with Crippen LogP contribution in [0.3, 0.4) is 0 Å². The third kappa shape index (κ3) is 1.44. The van der Waals surface area contributed by atoms with E-state index < -0.39 is 0 Å². The fourth-order valence-corrected chi connectivity index (χ4v) is 1.59. The van der Waals surface area contributed by atoms with Gasteiger partial charge < -0.3 is 9.47 Å². The van der Waals surface area contributed by atoms with Crippen LogP contribution in [0.5, 0.6) is 11.5 Å². The summed E-state index contributed by atoms with van der Waals surface area (Å²) in [7, 11) is 0. The summed E-state index contributed by atoms with van der Waals surface area (Å²) in [4.78, 5) is 0. The van der Waals surface area contributed by atoms with Gasteiger partial charge in [-0.3, -0.25) is 0 Å². The van der Waals surface area contributed by atoms with Crippen LogP contribution in [0.1, 0.15) is 11.9 Å². The van der Waals surface area contributed by atoms with Gasteiger partial charge in [0.1, 0.15) is 0 Å². The molecule has 1 aliphatic heterocycles. The molecule has 0 saturated carbocycles. The van der Waals surface area contributed by atoms with Crippen LogP contribution in [0, 0.1) is 6.07 Å². The van der Waals surface area contributed by atoms with Crippen LogP contribution >= 0.6 is 0 Å². The minimum absolute atomic E-state index is 0.322. The molecule has 2 aromatic rings. The Hall–Kier alpha value is -1.96. The molecule has 2 aromatic carbocycles. The minimum atomic E-state index is -0.322. The third-order valence-electron chi connectivity index (χ3n) is 2.33. The molecule has 0 spiro atoms. The molecule has 0 N–H and O–H groups in total. The fraction of sp³-hybridized carbons (Fsp3) is 0.0769. The highest BCUT2D eigenvalue weighted by Gasteiger charge is 2.24. The van der Waals surface area contributed by atoms with Gasteiger partial charge in [0.15, 0.2) is 11.5 Å². The lowest BCUT2D eigenvalue weighted by Gasteiger charge is -2.09. The number of ether oxygens (including phenoxy) is 2. The van der Waals surface area contributed by atoms with Crippen LogP contribution < -0.4 is 9.47 Å². The first-order chi connectivity index (χ1) is 7.43. The summed E-state index contributed by atoms with van der Waals surface area (Å²) in [6.45, 7) is 0. The quantitative estimate of drug-likeness (QED) is 0.699. The molecule has 2 heteroatoms. The topological polar surface area (TPSA) is 18.5 Å². The molecule has 1 aliphatic rings. The number of hydrogen-bond donors (Lipinski definition) is 0. The molecule has 0 bridgehead atoms. The van der Waals surface area contributed by atoms with E-state index in [0.717, 1.165) is 17.1 Å². The Morgan fingerprint density at radius 1 is 0.933 bits per heavy atom. The standard InChI is InChI=1S/C13H9O2/c1-2-6-10(7-3-1)13-14-11-8-4-5-9-12(11)15-13/h1-4,6-9,13H. The van der Waals surface area contributed by atoms with Crippen LogP contribution in [-0.2, 0) is 0 Å². The van der Waals surface area contributed by atoms with Crippen LogP contribution in [0.2, 0.25) is 0 Å². The molecular weight excluding hydrogens is 188 g/mol. The number of hydrogen-bond acceptors (Lipinski definition) is 2. The number of rotatable bonds is 1. The predicted octanol–water partition coefficient (Wildman–Crippen LogP) is 2.96. The summed E-state index contributed by atoms with van der Waals surface area (Å²) in [5, 5.41) is 0. The first kappa shape index (κ1) is 8.36. The van der Waals surface area contributed by atoms with Gasteiger partial charge in [-0.1, -0.05) is 36.4 Å². The Labute approximate surface area is 88.1 Å². The van der Waals surface area contributed by atoms with Crippen LogP contribution in [-0.4, -0.2) is 0 Å². The Morgan fingerprint density at radius 2 is 1.73 bits per heavy atom. The summed E-state index contributed by atoms with van der Waals surface area (Å²) in [5.74, 6) is 1.54. The molecule has 1 unspecified atom stereocenters. The van der Waals surface area contributed by atoms with E-state index in [1.807, 2.05) is 42.5 Å². The Kier molecular flexibility index (Phi) is 1.85. The maximum Gasteiger partial charge on any atom is 0.267 e. The highest BCUT2D eigenvalue weighted by molar-refractivity contribution is 5.42. The maximum atomic E-state index is 5.65. The van der Waals surface area contributed by atoms with E-state index in [4.69, 9.17) is 9.47 Å². The molecule has 15 heavy (non-hydrogen) atoms. The van der Waals surface area contributed by atoms with E-state index in [1.54, 1.807) is 6.07 Å². The Bertz CT molecular complexity index is 440. The van der Waals surface area contributed by atoms with E-state index in [0.29, 0.717) is 0 Å². The first-order valence-electron chi connectivity index (χ1n) is 4.82. The second-order valence-electron chi connectivity index (χ2n) is 3.35. The van der Waals surface area contributed by atoms with Crippen molar-refractivity contribution < 1.29 is 9.47 Å². The van der Waals surface area contributed by atoms with Crippen molar-refractivity contribution in [3.8, 4) is 11.5 Å². The van der Waals surface area contributed by atoms with Crippen LogP contribution in [0.15, 0.2) is 48.5 Å². The van der Waals surface area contributed by atoms with Gasteiger partial charge in [-0.15, -0.1) is 0 Å². The molecule has 1 atom stereocenters. The summed E-state index contributed by atoms with van der Waals surface area (Å²) in [6, 6.07) is 18.3. The van der Waals surface area contributed by atoms with Gasteiger partial charge in [0.25, 0.3) is 6.29 Å². The zero-order chi connectivity index (χ0) is 10.1. The minimum Gasteiger partial charge on any atom is -0.447 e. The SMILES string of the molecule is [c]1ccc2c(c1)OC(c1ccccc1)O2. The summed E-state index contributed by atoms with van der Waals surface area (Å²) in [5.41, 5.74) is 1.02. The second-order valence-corrected chi connectivity index (χ2v) is 3.35. The van der Waals surface area contributed by atoms with Crippen molar-refractivity contribution in [2.75, 3.05) is 0 Å². The molecule has 2 nitrogen and oxygen atoms in total. The molecule has 0 aliphatic carbocycles. The van der Waals surface area contributed by atoms with E-state index in [-0.39, 0.29) is 6.29 Å². The molecule has 3 rings (SSSR count). The molecule has 1 radical (unpaired) electrons.